The predicted octanol–water partition coefficient (Wildman–Crippen LogP) is 3.83. The van der Waals surface area contributed by atoms with E-state index in [2.05, 4.69) is 31.1 Å². The van der Waals surface area contributed by atoms with Crippen LogP contribution in [0, 0.1) is 0 Å². The van der Waals surface area contributed by atoms with Crippen LogP contribution in [0.3, 0.4) is 0 Å². The Morgan fingerprint density at radius 1 is 1.04 bits per heavy atom. The van der Waals surface area contributed by atoms with E-state index in [0.29, 0.717) is 5.39 Å². The smallest absolute Gasteiger partial charge is 0.210 e. The summed E-state index contributed by atoms with van der Waals surface area (Å²) in [5.74, 6) is 0. The maximum Gasteiger partial charge on any atom is 0.210 e. The zero-order valence-electron chi connectivity index (χ0n) is 13.8. The summed E-state index contributed by atoms with van der Waals surface area (Å²) in [6.45, 7) is 3.56. The van der Waals surface area contributed by atoms with Gasteiger partial charge in [0, 0.05) is 53.4 Å². The molecule has 0 radical (unpaired) electrons. The van der Waals surface area contributed by atoms with Gasteiger partial charge < -0.3 is 15.2 Å². The molecule has 1 fully saturated rings. The van der Waals surface area contributed by atoms with Crippen LogP contribution in [0.5, 0.6) is 0 Å². The highest BCUT2D eigenvalue weighted by Crippen LogP contribution is 2.35. The highest BCUT2D eigenvalue weighted by Gasteiger charge is 2.25. The Morgan fingerprint density at radius 2 is 1.81 bits per heavy atom. The number of aromatic nitrogens is 1. The molecular weight excluding hydrogens is 438 g/mol. The third-order valence-corrected chi connectivity index (χ3v) is 7.35. The van der Waals surface area contributed by atoms with Gasteiger partial charge in [0.2, 0.25) is 9.84 Å². The molecule has 26 heavy (non-hydrogen) atoms. The number of benzene rings is 2. The molecule has 4 rings (SSSR count). The van der Waals surface area contributed by atoms with Crippen molar-refractivity contribution in [2.75, 3.05) is 31.1 Å². The normalized spacial score (nSPS) is 15.5. The molecule has 5 nitrogen and oxygen atoms in total. The van der Waals surface area contributed by atoms with Gasteiger partial charge in [0.25, 0.3) is 0 Å². The fourth-order valence-corrected chi connectivity index (χ4v) is 5.55. The third kappa shape index (κ3) is 3.13. The fraction of sp³-hybridized carbons (Fsp3) is 0.222. The standard InChI is InChI=1S/C18H17BrClN3O2S/c19-12-1-3-16-14(9-12)18(11-22-16)26(24,25)17-4-2-13(10-15(17)20)23-7-5-21-6-8-23/h1-4,9-11,21-22H,5-8H2. The van der Waals surface area contributed by atoms with Crippen molar-refractivity contribution in [1.82, 2.24) is 10.3 Å². The summed E-state index contributed by atoms with van der Waals surface area (Å²) in [6.07, 6.45) is 1.52. The van der Waals surface area contributed by atoms with Crippen LogP contribution in [0.25, 0.3) is 10.9 Å². The fourth-order valence-electron chi connectivity index (χ4n) is 3.24. The maximum atomic E-state index is 13.2. The number of nitrogens with one attached hydrogen (secondary N) is 2. The minimum atomic E-state index is -3.73. The molecule has 1 aromatic heterocycles. The van der Waals surface area contributed by atoms with E-state index in [1.54, 1.807) is 18.2 Å². The molecule has 0 saturated carbocycles. The molecule has 1 aliphatic heterocycles. The lowest BCUT2D eigenvalue weighted by Crippen LogP contribution is -2.43. The Morgan fingerprint density at radius 3 is 2.54 bits per heavy atom. The van der Waals surface area contributed by atoms with Gasteiger partial charge in [0.15, 0.2) is 0 Å². The highest BCUT2D eigenvalue weighted by molar-refractivity contribution is 9.10. The van der Waals surface area contributed by atoms with E-state index in [9.17, 15) is 8.42 Å². The number of fused-ring (bicyclic) bond motifs is 1. The van der Waals surface area contributed by atoms with Crippen LogP contribution in [0.1, 0.15) is 0 Å². The van der Waals surface area contributed by atoms with E-state index in [1.165, 1.54) is 6.20 Å². The molecule has 0 bridgehead atoms. The van der Waals surface area contributed by atoms with E-state index in [4.69, 9.17) is 11.6 Å². The van der Waals surface area contributed by atoms with Crippen molar-refractivity contribution >= 4 is 54.0 Å². The topological polar surface area (TPSA) is 65.2 Å². The van der Waals surface area contributed by atoms with Gasteiger partial charge in [0.1, 0.15) is 0 Å². The van der Waals surface area contributed by atoms with E-state index >= 15 is 0 Å². The van der Waals surface area contributed by atoms with Crippen molar-refractivity contribution in [3.63, 3.8) is 0 Å². The number of hydrogen-bond acceptors (Lipinski definition) is 4. The lowest BCUT2D eigenvalue weighted by atomic mass is 10.2. The summed E-state index contributed by atoms with van der Waals surface area (Å²) >= 11 is 9.79. The van der Waals surface area contributed by atoms with Crippen LogP contribution in [0.15, 0.2) is 56.9 Å². The number of sulfone groups is 1. The van der Waals surface area contributed by atoms with Gasteiger partial charge >= 0.3 is 0 Å². The van der Waals surface area contributed by atoms with E-state index in [0.717, 1.165) is 41.9 Å². The van der Waals surface area contributed by atoms with E-state index in [-0.39, 0.29) is 14.8 Å². The van der Waals surface area contributed by atoms with E-state index < -0.39 is 9.84 Å². The number of anilines is 1. The molecule has 2 N–H and O–H groups in total. The number of hydrogen-bond donors (Lipinski definition) is 2. The summed E-state index contributed by atoms with van der Waals surface area (Å²) in [6, 6.07) is 10.7. The molecule has 2 aromatic carbocycles. The first-order valence-corrected chi connectivity index (χ1v) is 10.9. The average molecular weight is 455 g/mol. The molecule has 0 aliphatic carbocycles. The molecule has 0 unspecified atom stereocenters. The predicted molar refractivity (Wildman–Crippen MR) is 108 cm³/mol. The first-order chi connectivity index (χ1) is 12.5. The molecule has 8 heteroatoms. The molecule has 2 heterocycles. The molecule has 136 valence electrons. The average Bonchev–Trinajstić information content (AvgIpc) is 3.06. The van der Waals surface area contributed by atoms with Gasteiger partial charge in [-0.1, -0.05) is 27.5 Å². The zero-order chi connectivity index (χ0) is 18.3. The SMILES string of the molecule is O=S(=O)(c1ccc(N2CCNCC2)cc1Cl)c1c[nH]c2ccc(Br)cc12. The van der Waals surface area contributed by atoms with Crippen LogP contribution in [0.2, 0.25) is 5.02 Å². The van der Waals surface area contributed by atoms with Crippen LogP contribution >= 0.6 is 27.5 Å². The second kappa shape index (κ2) is 6.88. The summed E-state index contributed by atoms with van der Waals surface area (Å²) < 4.78 is 27.2. The Hall–Kier alpha value is -1.54. The summed E-state index contributed by atoms with van der Waals surface area (Å²) in [7, 11) is -3.73. The van der Waals surface area contributed by atoms with Crippen LogP contribution in [-0.4, -0.2) is 39.6 Å². The summed E-state index contributed by atoms with van der Waals surface area (Å²) in [5, 5.41) is 4.18. The van der Waals surface area contributed by atoms with Crippen LogP contribution in [0.4, 0.5) is 5.69 Å². The van der Waals surface area contributed by atoms with Gasteiger partial charge in [-0.05, 0) is 36.4 Å². The minimum absolute atomic E-state index is 0.124. The quantitative estimate of drug-likeness (QED) is 0.631. The van der Waals surface area contributed by atoms with Crippen molar-refractivity contribution in [2.24, 2.45) is 0 Å². The molecule has 1 saturated heterocycles. The largest absolute Gasteiger partial charge is 0.369 e. The van der Waals surface area contributed by atoms with Crippen molar-refractivity contribution in [3.05, 3.63) is 52.1 Å². The lowest BCUT2D eigenvalue weighted by molar-refractivity contribution is 0.588. The Balaban J connectivity index is 1.76. The van der Waals surface area contributed by atoms with Crippen molar-refractivity contribution in [1.29, 1.82) is 0 Å². The highest BCUT2D eigenvalue weighted by atomic mass is 79.9. The third-order valence-electron chi connectivity index (χ3n) is 4.58. The number of rotatable bonds is 3. The number of piperazine rings is 1. The van der Waals surface area contributed by atoms with Gasteiger partial charge in [-0.2, -0.15) is 0 Å². The Kier molecular flexibility index (Phi) is 4.73. The zero-order valence-corrected chi connectivity index (χ0v) is 17.0. The monoisotopic (exact) mass is 453 g/mol. The number of halogens is 2. The molecule has 0 atom stereocenters. The molecule has 3 aromatic rings. The van der Waals surface area contributed by atoms with Gasteiger partial charge in [-0.3, -0.25) is 0 Å². The molecular formula is C18H17BrClN3O2S. The second-order valence-electron chi connectivity index (χ2n) is 6.20. The Bertz CT molecular complexity index is 1080. The molecule has 0 amide bonds. The molecule has 0 spiro atoms. The minimum Gasteiger partial charge on any atom is -0.369 e. The van der Waals surface area contributed by atoms with Gasteiger partial charge in [-0.15, -0.1) is 0 Å². The van der Waals surface area contributed by atoms with Gasteiger partial charge in [-0.25, -0.2) is 8.42 Å². The van der Waals surface area contributed by atoms with Crippen LogP contribution in [-0.2, 0) is 9.84 Å². The Labute approximate surface area is 165 Å². The van der Waals surface area contributed by atoms with Crippen molar-refractivity contribution < 1.29 is 8.42 Å². The van der Waals surface area contributed by atoms with Crippen molar-refractivity contribution in [3.8, 4) is 0 Å². The second-order valence-corrected chi connectivity index (χ2v) is 9.41. The molecule has 1 aliphatic rings. The summed E-state index contributed by atoms with van der Waals surface area (Å²) in [5.41, 5.74) is 1.71. The lowest BCUT2D eigenvalue weighted by Gasteiger charge is -2.29. The maximum absolute atomic E-state index is 13.2. The van der Waals surface area contributed by atoms with Crippen molar-refractivity contribution in [2.45, 2.75) is 9.79 Å². The van der Waals surface area contributed by atoms with Crippen LogP contribution < -0.4 is 10.2 Å². The van der Waals surface area contributed by atoms with Gasteiger partial charge in [0.05, 0.1) is 14.8 Å². The number of aromatic amines is 1. The first kappa shape index (κ1) is 17.9. The summed E-state index contributed by atoms with van der Waals surface area (Å²) in [4.78, 5) is 5.56. The van der Waals surface area contributed by atoms with E-state index in [1.807, 2.05) is 18.2 Å². The number of H-pyrrole nitrogens is 1. The first-order valence-electron chi connectivity index (χ1n) is 8.24. The number of nitrogens with zero attached hydrogens (tertiary/aromatic N) is 1.